The summed E-state index contributed by atoms with van der Waals surface area (Å²) in [6.07, 6.45) is 0. The van der Waals surface area contributed by atoms with Gasteiger partial charge in [-0.1, -0.05) is 43.7 Å². The lowest BCUT2D eigenvalue weighted by molar-refractivity contribution is 0.241. The van der Waals surface area contributed by atoms with Crippen LogP contribution in [0, 0.1) is 12.3 Å². The summed E-state index contributed by atoms with van der Waals surface area (Å²) in [5, 5.41) is 6.78. The zero-order valence-electron chi connectivity index (χ0n) is 15.4. The molecule has 0 saturated carbocycles. The number of nitrogens with one attached hydrogen (secondary N) is 2. The van der Waals surface area contributed by atoms with Gasteiger partial charge in [0, 0.05) is 19.6 Å². The van der Waals surface area contributed by atoms with E-state index in [0.29, 0.717) is 6.54 Å². The lowest BCUT2D eigenvalue weighted by Gasteiger charge is -2.29. The topological polar surface area (TPSA) is 39.7 Å². The van der Waals surface area contributed by atoms with Gasteiger partial charge in [-0.15, -0.1) is 24.0 Å². The largest absolute Gasteiger partial charge is 0.357 e. The number of nitrogens with zero attached hydrogens (tertiary/aromatic N) is 2. The molecule has 0 aliphatic heterocycles. The fraction of sp³-hybridized carbons (Fsp3) is 0.611. The predicted octanol–water partition coefficient (Wildman–Crippen LogP) is 3.26. The molecule has 0 radical (unpaired) electrons. The summed E-state index contributed by atoms with van der Waals surface area (Å²) in [5.74, 6) is 0.884. The van der Waals surface area contributed by atoms with Crippen molar-refractivity contribution in [3.63, 3.8) is 0 Å². The Kier molecular flexibility index (Phi) is 10.5. The number of benzene rings is 1. The molecule has 0 spiro atoms. The number of hydrogen-bond acceptors (Lipinski definition) is 2. The van der Waals surface area contributed by atoms with Crippen molar-refractivity contribution in [1.29, 1.82) is 0 Å². The highest BCUT2D eigenvalue weighted by molar-refractivity contribution is 14.0. The Morgan fingerprint density at radius 3 is 2.26 bits per heavy atom. The Hall–Kier alpha value is -0.820. The second-order valence-corrected chi connectivity index (χ2v) is 6.94. The van der Waals surface area contributed by atoms with Gasteiger partial charge in [0.25, 0.3) is 0 Å². The number of guanidine groups is 1. The van der Waals surface area contributed by atoms with Gasteiger partial charge in [-0.2, -0.15) is 0 Å². The van der Waals surface area contributed by atoms with Crippen LogP contribution in [0.25, 0.3) is 0 Å². The van der Waals surface area contributed by atoms with E-state index in [9.17, 15) is 0 Å². The predicted molar refractivity (Wildman–Crippen MR) is 112 cm³/mol. The molecule has 0 heterocycles. The SMILES string of the molecule is CCNC(=NCc1ccc(C)cc1)NCC(C)(C)CN(C)C.I. The number of rotatable bonds is 7. The minimum atomic E-state index is 0. The maximum Gasteiger partial charge on any atom is 0.191 e. The van der Waals surface area contributed by atoms with Crippen LogP contribution in [0.1, 0.15) is 31.9 Å². The molecule has 1 rings (SSSR count). The van der Waals surface area contributed by atoms with Crippen LogP contribution in [-0.2, 0) is 6.54 Å². The molecule has 23 heavy (non-hydrogen) atoms. The Labute approximate surface area is 159 Å². The van der Waals surface area contributed by atoms with Crippen LogP contribution >= 0.6 is 24.0 Å². The molecule has 0 fully saturated rings. The van der Waals surface area contributed by atoms with Gasteiger partial charge in [0.15, 0.2) is 5.96 Å². The molecule has 4 nitrogen and oxygen atoms in total. The molecule has 132 valence electrons. The minimum absolute atomic E-state index is 0. The molecule has 2 N–H and O–H groups in total. The van der Waals surface area contributed by atoms with Gasteiger partial charge in [0.05, 0.1) is 6.54 Å². The van der Waals surface area contributed by atoms with Crippen molar-refractivity contribution in [3.8, 4) is 0 Å². The Morgan fingerprint density at radius 1 is 1.13 bits per heavy atom. The number of halogens is 1. The smallest absolute Gasteiger partial charge is 0.191 e. The zero-order chi connectivity index (χ0) is 16.6. The maximum atomic E-state index is 4.68. The van der Waals surface area contributed by atoms with Crippen molar-refractivity contribution in [1.82, 2.24) is 15.5 Å². The molecule has 1 aromatic rings. The molecular weight excluding hydrogens is 399 g/mol. The van der Waals surface area contributed by atoms with E-state index in [1.807, 2.05) is 0 Å². The van der Waals surface area contributed by atoms with Crippen LogP contribution in [0.2, 0.25) is 0 Å². The average Bonchev–Trinajstić information content (AvgIpc) is 2.42. The summed E-state index contributed by atoms with van der Waals surface area (Å²) >= 11 is 0. The highest BCUT2D eigenvalue weighted by Crippen LogP contribution is 2.14. The fourth-order valence-electron chi connectivity index (χ4n) is 2.44. The summed E-state index contributed by atoms with van der Waals surface area (Å²) in [6, 6.07) is 8.54. The van der Waals surface area contributed by atoms with E-state index in [1.54, 1.807) is 0 Å². The number of aryl methyl sites for hydroxylation is 1. The molecule has 0 atom stereocenters. The standard InChI is InChI=1S/C18H32N4.HI/c1-7-19-17(21-13-18(3,4)14-22(5)6)20-12-16-10-8-15(2)9-11-16;/h8-11H,7,12-14H2,1-6H3,(H2,19,20,21);1H. The Morgan fingerprint density at radius 2 is 1.74 bits per heavy atom. The van der Waals surface area contributed by atoms with E-state index < -0.39 is 0 Å². The molecule has 5 heteroatoms. The highest BCUT2D eigenvalue weighted by atomic mass is 127. The van der Waals surface area contributed by atoms with Gasteiger partial charge in [0.1, 0.15) is 0 Å². The molecule has 0 saturated heterocycles. The second-order valence-electron chi connectivity index (χ2n) is 6.94. The number of aliphatic imine (C=N–C) groups is 1. The third-order valence-electron chi connectivity index (χ3n) is 3.36. The van der Waals surface area contributed by atoms with Gasteiger partial charge in [-0.05, 0) is 38.9 Å². The van der Waals surface area contributed by atoms with Crippen LogP contribution in [0.5, 0.6) is 0 Å². The first-order chi connectivity index (χ1) is 10.3. The first kappa shape index (κ1) is 22.2. The molecule has 0 unspecified atom stereocenters. The second kappa shape index (κ2) is 10.9. The Balaban J connectivity index is 0.00000484. The molecule has 1 aromatic carbocycles. The lowest BCUT2D eigenvalue weighted by atomic mass is 9.93. The van der Waals surface area contributed by atoms with Gasteiger partial charge >= 0.3 is 0 Å². The third kappa shape index (κ3) is 9.81. The van der Waals surface area contributed by atoms with Crippen molar-refractivity contribution < 1.29 is 0 Å². The first-order valence-corrected chi connectivity index (χ1v) is 8.05. The highest BCUT2D eigenvalue weighted by Gasteiger charge is 2.19. The molecule has 0 aromatic heterocycles. The van der Waals surface area contributed by atoms with E-state index >= 15 is 0 Å². The molecule has 0 amide bonds. The number of hydrogen-bond donors (Lipinski definition) is 2. The third-order valence-corrected chi connectivity index (χ3v) is 3.36. The summed E-state index contributed by atoms with van der Waals surface area (Å²) in [6.45, 7) is 12.2. The van der Waals surface area contributed by atoms with Crippen LogP contribution < -0.4 is 10.6 Å². The maximum absolute atomic E-state index is 4.68. The van der Waals surface area contributed by atoms with E-state index in [0.717, 1.165) is 25.6 Å². The average molecular weight is 432 g/mol. The summed E-state index contributed by atoms with van der Waals surface area (Å²) < 4.78 is 0. The minimum Gasteiger partial charge on any atom is -0.357 e. The van der Waals surface area contributed by atoms with Crippen molar-refractivity contribution in [2.45, 2.75) is 34.2 Å². The van der Waals surface area contributed by atoms with E-state index in [4.69, 9.17) is 0 Å². The molecular formula is C18H33IN4. The van der Waals surface area contributed by atoms with Gasteiger partial charge in [-0.3, -0.25) is 0 Å². The van der Waals surface area contributed by atoms with Gasteiger partial charge < -0.3 is 15.5 Å². The van der Waals surface area contributed by atoms with Gasteiger partial charge in [-0.25, -0.2) is 4.99 Å². The monoisotopic (exact) mass is 432 g/mol. The zero-order valence-corrected chi connectivity index (χ0v) is 17.8. The van der Waals surface area contributed by atoms with E-state index in [1.165, 1.54) is 11.1 Å². The van der Waals surface area contributed by atoms with Crippen molar-refractivity contribution >= 4 is 29.9 Å². The first-order valence-electron chi connectivity index (χ1n) is 8.05. The molecule has 0 aliphatic rings. The molecule has 0 aliphatic carbocycles. The summed E-state index contributed by atoms with van der Waals surface area (Å²) in [7, 11) is 4.22. The molecule has 0 bridgehead atoms. The van der Waals surface area contributed by atoms with Crippen molar-refractivity contribution in [2.24, 2.45) is 10.4 Å². The lowest BCUT2D eigenvalue weighted by Crippen LogP contribution is -2.44. The van der Waals surface area contributed by atoms with Crippen LogP contribution in [0.15, 0.2) is 29.3 Å². The van der Waals surface area contributed by atoms with Gasteiger partial charge in [0.2, 0.25) is 0 Å². The Bertz CT molecular complexity index is 466. The van der Waals surface area contributed by atoms with Crippen LogP contribution in [-0.4, -0.2) is 44.6 Å². The normalized spacial score (nSPS) is 12.0. The quantitative estimate of drug-likeness (QED) is 0.395. The van der Waals surface area contributed by atoms with E-state index in [-0.39, 0.29) is 29.4 Å². The summed E-state index contributed by atoms with van der Waals surface area (Å²) in [5.41, 5.74) is 2.71. The van der Waals surface area contributed by atoms with Crippen LogP contribution in [0.3, 0.4) is 0 Å². The summed E-state index contributed by atoms with van der Waals surface area (Å²) in [4.78, 5) is 6.90. The van der Waals surface area contributed by atoms with Crippen molar-refractivity contribution in [3.05, 3.63) is 35.4 Å². The van der Waals surface area contributed by atoms with Crippen LogP contribution in [0.4, 0.5) is 0 Å². The van der Waals surface area contributed by atoms with Crippen molar-refractivity contribution in [2.75, 3.05) is 33.7 Å². The van der Waals surface area contributed by atoms with E-state index in [2.05, 4.69) is 86.6 Å². The fourth-order valence-corrected chi connectivity index (χ4v) is 2.44.